The van der Waals surface area contributed by atoms with Crippen molar-refractivity contribution in [2.75, 3.05) is 24.2 Å². The fourth-order valence-corrected chi connectivity index (χ4v) is 1.99. The SMILES string of the molecule is CNc1c(Cl)ncnc1NCCc1ccc(F)cc1F. The Morgan fingerprint density at radius 1 is 1.25 bits per heavy atom. The molecule has 0 saturated carbocycles. The zero-order valence-corrected chi connectivity index (χ0v) is 11.5. The highest BCUT2D eigenvalue weighted by atomic mass is 35.5. The van der Waals surface area contributed by atoms with Gasteiger partial charge in [0.05, 0.1) is 0 Å². The summed E-state index contributed by atoms with van der Waals surface area (Å²) in [5.74, 6) is -0.601. The lowest BCUT2D eigenvalue weighted by Gasteiger charge is -2.11. The first kappa shape index (κ1) is 14.5. The Morgan fingerprint density at radius 2 is 2.05 bits per heavy atom. The third-order valence-electron chi connectivity index (χ3n) is 2.75. The number of nitrogens with one attached hydrogen (secondary N) is 2. The molecule has 106 valence electrons. The van der Waals surface area contributed by atoms with Gasteiger partial charge in [-0.3, -0.25) is 0 Å². The Morgan fingerprint density at radius 3 is 2.75 bits per heavy atom. The minimum Gasteiger partial charge on any atom is -0.383 e. The number of halogens is 3. The second-order valence-electron chi connectivity index (χ2n) is 4.05. The standard InChI is InChI=1S/C13H13ClF2N4/c1-17-11-12(14)19-7-20-13(11)18-5-4-8-2-3-9(15)6-10(8)16/h2-3,6-7,17H,4-5H2,1H3,(H,18,19,20). The zero-order valence-electron chi connectivity index (χ0n) is 10.8. The van der Waals surface area contributed by atoms with Gasteiger partial charge < -0.3 is 10.6 Å². The third-order valence-corrected chi connectivity index (χ3v) is 3.04. The lowest BCUT2D eigenvalue weighted by molar-refractivity contribution is 0.572. The maximum absolute atomic E-state index is 13.5. The molecule has 2 N–H and O–H groups in total. The summed E-state index contributed by atoms with van der Waals surface area (Å²) >= 11 is 5.91. The molecule has 0 atom stereocenters. The maximum atomic E-state index is 13.5. The smallest absolute Gasteiger partial charge is 0.157 e. The van der Waals surface area contributed by atoms with Crippen molar-refractivity contribution in [3.8, 4) is 0 Å². The average molecular weight is 299 g/mol. The van der Waals surface area contributed by atoms with E-state index in [1.807, 2.05) is 0 Å². The molecule has 0 bridgehead atoms. The fraction of sp³-hybridized carbons (Fsp3) is 0.231. The van der Waals surface area contributed by atoms with Crippen LogP contribution in [0.1, 0.15) is 5.56 Å². The molecule has 0 fully saturated rings. The van der Waals surface area contributed by atoms with Gasteiger partial charge in [-0.25, -0.2) is 18.7 Å². The molecule has 0 spiro atoms. The molecule has 7 heteroatoms. The van der Waals surface area contributed by atoms with Crippen LogP contribution in [0.3, 0.4) is 0 Å². The van der Waals surface area contributed by atoms with Gasteiger partial charge in [-0.1, -0.05) is 17.7 Å². The molecule has 0 aliphatic carbocycles. The summed E-state index contributed by atoms with van der Waals surface area (Å²) in [6, 6.07) is 3.53. The van der Waals surface area contributed by atoms with Crippen molar-refractivity contribution >= 4 is 23.1 Å². The van der Waals surface area contributed by atoms with Crippen molar-refractivity contribution < 1.29 is 8.78 Å². The molecule has 20 heavy (non-hydrogen) atoms. The van der Waals surface area contributed by atoms with Gasteiger partial charge in [0.2, 0.25) is 0 Å². The van der Waals surface area contributed by atoms with E-state index in [0.29, 0.717) is 35.2 Å². The van der Waals surface area contributed by atoms with Gasteiger partial charge in [0, 0.05) is 19.7 Å². The maximum Gasteiger partial charge on any atom is 0.157 e. The van der Waals surface area contributed by atoms with Crippen molar-refractivity contribution in [3.05, 3.63) is 46.9 Å². The van der Waals surface area contributed by atoms with Crippen molar-refractivity contribution in [1.29, 1.82) is 0 Å². The van der Waals surface area contributed by atoms with E-state index in [9.17, 15) is 8.78 Å². The number of hydrogen-bond acceptors (Lipinski definition) is 4. The number of aromatic nitrogens is 2. The molecule has 1 aromatic carbocycles. The molecule has 0 saturated heterocycles. The van der Waals surface area contributed by atoms with Gasteiger partial charge >= 0.3 is 0 Å². The summed E-state index contributed by atoms with van der Waals surface area (Å²) in [4.78, 5) is 7.91. The number of rotatable bonds is 5. The Bertz CT molecular complexity index is 607. The molecular formula is C13H13ClF2N4. The van der Waals surface area contributed by atoms with Gasteiger partial charge in [0.1, 0.15) is 23.6 Å². The van der Waals surface area contributed by atoms with E-state index in [1.54, 1.807) is 7.05 Å². The van der Waals surface area contributed by atoms with E-state index in [-0.39, 0.29) is 0 Å². The van der Waals surface area contributed by atoms with Crippen LogP contribution in [0.4, 0.5) is 20.3 Å². The van der Waals surface area contributed by atoms with Gasteiger partial charge in [-0.2, -0.15) is 0 Å². The minimum absolute atomic E-state index is 0.304. The van der Waals surface area contributed by atoms with Gasteiger partial charge in [0.15, 0.2) is 11.0 Å². The fourth-order valence-electron chi connectivity index (χ4n) is 1.76. The van der Waals surface area contributed by atoms with Crippen LogP contribution in [0, 0.1) is 11.6 Å². The molecular weight excluding hydrogens is 286 g/mol. The molecule has 0 amide bonds. The van der Waals surface area contributed by atoms with E-state index < -0.39 is 11.6 Å². The summed E-state index contributed by atoms with van der Waals surface area (Å²) < 4.78 is 26.2. The molecule has 0 aliphatic rings. The normalized spacial score (nSPS) is 10.4. The number of anilines is 2. The molecule has 2 rings (SSSR count). The highest BCUT2D eigenvalue weighted by Crippen LogP contribution is 2.25. The molecule has 2 aromatic rings. The predicted octanol–water partition coefficient (Wildman–Crippen LogP) is 3.10. The lowest BCUT2D eigenvalue weighted by atomic mass is 10.1. The average Bonchev–Trinajstić information content (AvgIpc) is 2.41. The first-order valence-electron chi connectivity index (χ1n) is 5.98. The zero-order chi connectivity index (χ0) is 14.5. The van der Waals surface area contributed by atoms with Gasteiger partial charge in [0.25, 0.3) is 0 Å². The number of hydrogen-bond donors (Lipinski definition) is 2. The number of nitrogens with zero attached hydrogens (tertiary/aromatic N) is 2. The lowest BCUT2D eigenvalue weighted by Crippen LogP contribution is -2.10. The third kappa shape index (κ3) is 3.33. The largest absolute Gasteiger partial charge is 0.383 e. The van der Waals surface area contributed by atoms with E-state index in [2.05, 4.69) is 20.6 Å². The molecule has 1 heterocycles. The Hall–Kier alpha value is -1.95. The summed E-state index contributed by atoms with van der Waals surface area (Å²) in [7, 11) is 1.70. The predicted molar refractivity (Wildman–Crippen MR) is 75.1 cm³/mol. The summed E-state index contributed by atoms with van der Waals surface area (Å²) in [5.41, 5.74) is 1.01. The second-order valence-corrected chi connectivity index (χ2v) is 4.41. The summed E-state index contributed by atoms with van der Waals surface area (Å²) in [5, 5.41) is 6.23. The van der Waals surface area contributed by atoms with Crippen LogP contribution in [0.2, 0.25) is 5.15 Å². The monoisotopic (exact) mass is 298 g/mol. The van der Waals surface area contributed by atoms with Crippen molar-refractivity contribution in [3.63, 3.8) is 0 Å². The quantitative estimate of drug-likeness (QED) is 0.833. The van der Waals surface area contributed by atoms with Gasteiger partial charge in [-0.05, 0) is 18.1 Å². The van der Waals surface area contributed by atoms with E-state index in [4.69, 9.17) is 11.6 Å². The first-order valence-corrected chi connectivity index (χ1v) is 6.35. The van der Waals surface area contributed by atoms with Crippen LogP contribution in [0.15, 0.2) is 24.5 Å². The van der Waals surface area contributed by atoms with Crippen molar-refractivity contribution in [1.82, 2.24) is 9.97 Å². The van der Waals surface area contributed by atoms with Crippen LogP contribution >= 0.6 is 11.6 Å². The van der Waals surface area contributed by atoms with Crippen LogP contribution in [0.5, 0.6) is 0 Å². The van der Waals surface area contributed by atoms with E-state index in [0.717, 1.165) is 6.07 Å². The van der Waals surface area contributed by atoms with Crippen LogP contribution < -0.4 is 10.6 Å². The van der Waals surface area contributed by atoms with Gasteiger partial charge in [-0.15, -0.1) is 0 Å². The highest BCUT2D eigenvalue weighted by molar-refractivity contribution is 6.32. The minimum atomic E-state index is -0.584. The molecule has 1 aromatic heterocycles. The Balaban J connectivity index is 2.01. The Kier molecular flexibility index (Phi) is 4.68. The van der Waals surface area contributed by atoms with Crippen molar-refractivity contribution in [2.24, 2.45) is 0 Å². The van der Waals surface area contributed by atoms with E-state index in [1.165, 1.54) is 18.5 Å². The molecule has 0 unspecified atom stereocenters. The van der Waals surface area contributed by atoms with Crippen LogP contribution in [-0.2, 0) is 6.42 Å². The topological polar surface area (TPSA) is 49.8 Å². The first-order chi connectivity index (χ1) is 9.61. The molecule has 4 nitrogen and oxygen atoms in total. The molecule has 0 aliphatic heterocycles. The van der Waals surface area contributed by atoms with Crippen LogP contribution in [-0.4, -0.2) is 23.6 Å². The number of benzene rings is 1. The van der Waals surface area contributed by atoms with Crippen molar-refractivity contribution in [2.45, 2.75) is 6.42 Å². The van der Waals surface area contributed by atoms with E-state index >= 15 is 0 Å². The molecule has 0 radical (unpaired) electrons. The highest BCUT2D eigenvalue weighted by Gasteiger charge is 2.08. The summed E-state index contributed by atoms with van der Waals surface area (Å²) in [6.07, 6.45) is 1.74. The van der Waals surface area contributed by atoms with Crippen LogP contribution in [0.25, 0.3) is 0 Å². The Labute approximate surface area is 120 Å². The summed E-state index contributed by atoms with van der Waals surface area (Å²) in [6.45, 7) is 0.435. The second kappa shape index (κ2) is 6.47.